The fourth-order valence-corrected chi connectivity index (χ4v) is 6.87. The summed E-state index contributed by atoms with van der Waals surface area (Å²) >= 11 is 1.45. The van der Waals surface area contributed by atoms with Crippen LogP contribution in [-0.4, -0.2) is 41.3 Å². The number of nitrogens with one attached hydrogen (secondary N) is 1. The number of anilines is 1. The first-order valence-corrected chi connectivity index (χ1v) is 13.3. The van der Waals surface area contributed by atoms with Crippen molar-refractivity contribution in [3.8, 4) is 0 Å². The minimum absolute atomic E-state index is 0.0406. The van der Waals surface area contributed by atoms with Gasteiger partial charge in [0.2, 0.25) is 15.9 Å². The van der Waals surface area contributed by atoms with Crippen molar-refractivity contribution in [2.24, 2.45) is 0 Å². The van der Waals surface area contributed by atoms with Crippen LogP contribution in [0.5, 0.6) is 0 Å². The van der Waals surface area contributed by atoms with Crippen LogP contribution in [0.1, 0.15) is 42.5 Å². The lowest BCUT2D eigenvalue weighted by molar-refractivity contribution is -0.116. The van der Waals surface area contributed by atoms with Crippen LogP contribution in [0, 0.1) is 13.8 Å². The Morgan fingerprint density at radius 2 is 1.91 bits per heavy atom. The maximum absolute atomic E-state index is 13.3. The van der Waals surface area contributed by atoms with E-state index in [1.165, 1.54) is 32.6 Å². The maximum Gasteiger partial charge on any atom is 0.262 e. The standard InChI is InChI=1S/C23H28N4O4S2/c1-15-16(2)32-22-21(15)23(29)27(14-24-22)13-20(28)25-18-11-7-8-12-19(18)33(30,31)26(3)17-9-5-4-6-10-17/h7-8,11-12,14,17H,4-6,9-10,13H2,1-3H3,(H,25,28). The Kier molecular flexibility index (Phi) is 6.69. The van der Waals surface area contributed by atoms with Gasteiger partial charge in [-0.05, 0) is 44.4 Å². The van der Waals surface area contributed by atoms with Crippen LogP contribution in [-0.2, 0) is 21.4 Å². The van der Waals surface area contributed by atoms with Crippen LogP contribution < -0.4 is 10.9 Å². The summed E-state index contributed by atoms with van der Waals surface area (Å²) in [7, 11) is -2.18. The van der Waals surface area contributed by atoms with Crippen molar-refractivity contribution in [2.45, 2.75) is 63.4 Å². The van der Waals surface area contributed by atoms with Crippen molar-refractivity contribution in [3.63, 3.8) is 0 Å². The number of aromatic nitrogens is 2. The number of sulfonamides is 1. The molecule has 1 N–H and O–H groups in total. The topological polar surface area (TPSA) is 101 Å². The van der Waals surface area contributed by atoms with Gasteiger partial charge in [0.1, 0.15) is 16.3 Å². The van der Waals surface area contributed by atoms with E-state index in [9.17, 15) is 18.0 Å². The second kappa shape index (κ2) is 9.36. The average molecular weight is 489 g/mol. The normalized spacial score (nSPS) is 15.3. The van der Waals surface area contributed by atoms with Crippen molar-refractivity contribution < 1.29 is 13.2 Å². The quantitative estimate of drug-likeness (QED) is 0.571. The summed E-state index contributed by atoms with van der Waals surface area (Å²) in [5, 5.41) is 3.21. The largest absolute Gasteiger partial charge is 0.323 e. The van der Waals surface area contributed by atoms with E-state index in [1.807, 2.05) is 13.8 Å². The first-order chi connectivity index (χ1) is 15.7. The van der Waals surface area contributed by atoms with Gasteiger partial charge >= 0.3 is 0 Å². The van der Waals surface area contributed by atoms with Crippen molar-refractivity contribution in [1.82, 2.24) is 13.9 Å². The number of amides is 1. The summed E-state index contributed by atoms with van der Waals surface area (Å²) in [4.78, 5) is 31.7. The molecule has 8 nitrogen and oxygen atoms in total. The molecule has 0 saturated heterocycles. The number of aryl methyl sites for hydroxylation is 2. The third-order valence-electron chi connectivity index (χ3n) is 6.38. The van der Waals surface area contributed by atoms with Gasteiger partial charge in [0.15, 0.2) is 0 Å². The van der Waals surface area contributed by atoms with Crippen LogP contribution in [0.2, 0.25) is 0 Å². The van der Waals surface area contributed by atoms with Crippen molar-refractivity contribution in [3.05, 3.63) is 51.4 Å². The zero-order chi connectivity index (χ0) is 23.8. The molecule has 33 heavy (non-hydrogen) atoms. The van der Waals surface area contributed by atoms with Gasteiger partial charge in [-0.2, -0.15) is 4.31 Å². The maximum atomic E-state index is 13.3. The number of hydrogen-bond donors (Lipinski definition) is 1. The number of thiophene rings is 1. The lowest BCUT2D eigenvalue weighted by atomic mass is 9.96. The number of benzene rings is 1. The molecule has 1 aliphatic carbocycles. The number of hydrogen-bond acceptors (Lipinski definition) is 6. The summed E-state index contributed by atoms with van der Waals surface area (Å²) in [5.74, 6) is -0.495. The van der Waals surface area contributed by atoms with Crippen molar-refractivity contribution >= 4 is 43.2 Å². The number of fused-ring (bicyclic) bond motifs is 1. The van der Waals surface area contributed by atoms with E-state index in [1.54, 1.807) is 25.2 Å². The fraction of sp³-hybridized carbons (Fsp3) is 0.435. The first kappa shape index (κ1) is 23.6. The van der Waals surface area contributed by atoms with Crippen molar-refractivity contribution in [1.29, 1.82) is 0 Å². The van der Waals surface area contributed by atoms with Gasteiger partial charge in [0.05, 0.1) is 17.4 Å². The molecule has 0 atom stereocenters. The minimum atomic E-state index is -3.79. The molecule has 10 heteroatoms. The van der Waals surface area contributed by atoms with E-state index in [-0.39, 0.29) is 28.7 Å². The second-order valence-corrected chi connectivity index (χ2v) is 11.7. The zero-order valence-corrected chi connectivity index (χ0v) is 20.6. The summed E-state index contributed by atoms with van der Waals surface area (Å²) in [5.41, 5.74) is 0.786. The Hall–Kier alpha value is -2.56. The first-order valence-electron chi connectivity index (χ1n) is 11.0. The lowest BCUT2D eigenvalue weighted by Crippen LogP contribution is -2.38. The molecule has 0 radical (unpaired) electrons. The Morgan fingerprint density at radius 3 is 2.64 bits per heavy atom. The monoisotopic (exact) mass is 488 g/mol. The van der Waals surface area contributed by atoms with E-state index in [4.69, 9.17) is 0 Å². The molecule has 176 valence electrons. The molecule has 1 saturated carbocycles. The third kappa shape index (κ3) is 4.60. The SMILES string of the molecule is Cc1sc2ncn(CC(=O)Nc3ccccc3S(=O)(=O)N(C)C3CCCCC3)c(=O)c2c1C. The number of carbonyl (C=O) groups is 1. The third-order valence-corrected chi connectivity index (χ3v) is 9.46. The Labute approximate surface area is 197 Å². The lowest BCUT2D eigenvalue weighted by Gasteiger charge is -2.30. The van der Waals surface area contributed by atoms with Crippen LogP contribution in [0.25, 0.3) is 10.2 Å². The molecule has 0 aliphatic heterocycles. The predicted molar refractivity (Wildman–Crippen MR) is 130 cm³/mol. The highest BCUT2D eigenvalue weighted by atomic mass is 32.2. The van der Waals surface area contributed by atoms with E-state index in [0.29, 0.717) is 10.2 Å². The van der Waals surface area contributed by atoms with Crippen LogP contribution >= 0.6 is 11.3 Å². The summed E-state index contributed by atoms with van der Waals surface area (Å²) < 4.78 is 29.4. The van der Waals surface area contributed by atoms with Crippen LogP contribution in [0.15, 0.2) is 40.3 Å². The van der Waals surface area contributed by atoms with Crippen molar-refractivity contribution in [2.75, 3.05) is 12.4 Å². The highest BCUT2D eigenvalue weighted by Gasteiger charge is 2.31. The molecular weight excluding hydrogens is 460 g/mol. The molecule has 1 fully saturated rings. The van der Waals surface area contributed by atoms with Gasteiger partial charge in [-0.3, -0.25) is 14.2 Å². The smallest absolute Gasteiger partial charge is 0.262 e. The Bertz CT molecular complexity index is 1350. The van der Waals surface area contributed by atoms with E-state index in [0.717, 1.165) is 42.5 Å². The molecular formula is C23H28N4O4S2. The Balaban J connectivity index is 1.57. The molecule has 4 rings (SSSR count). The minimum Gasteiger partial charge on any atom is -0.323 e. The Morgan fingerprint density at radius 1 is 1.21 bits per heavy atom. The summed E-state index contributed by atoms with van der Waals surface area (Å²) in [6.45, 7) is 3.54. The number of para-hydroxylation sites is 1. The molecule has 0 unspecified atom stereocenters. The van der Waals surface area contributed by atoms with E-state index >= 15 is 0 Å². The molecule has 1 aromatic carbocycles. The highest BCUT2D eigenvalue weighted by molar-refractivity contribution is 7.89. The van der Waals surface area contributed by atoms with Gasteiger partial charge in [-0.25, -0.2) is 13.4 Å². The van der Waals surface area contributed by atoms with Gasteiger partial charge in [0, 0.05) is 18.0 Å². The predicted octanol–water partition coefficient (Wildman–Crippen LogP) is 3.67. The molecule has 1 amide bonds. The number of carbonyl (C=O) groups excluding carboxylic acids is 1. The average Bonchev–Trinajstić information content (AvgIpc) is 3.10. The molecule has 2 aromatic heterocycles. The van der Waals surface area contributed by atoms with Crippen LogP contribution in [0.3, 0.4) is 0 Å². The second-order valence-electron chi connectivity index (χ2n) is 8.50. The summed E-state index contributed by atoms with van der Waals surface area (Å²) in [6, 6.07) is 6.34. The van der Waals surface area contributed by atoms with Crippen LogP contribution in [0.4, 0.5) is 5.69 Å². The summed E-state index contributed by atoms with van der Waals surface area (Å²) in [6.07, 6.45) is 6.19. The number of rotatable bonds is 6. The fourth-order valence-electron chi connectivity index (χ4n) is 4.32. The molecule has 0 bridgehead atoms. The van der Waals surface area contributed by atoms with Gasteiger partial charge < -0.3 is 5.32 Å². The zero-order valence-electron chi connectivity index (χ0n) is 19.0. The van der Waals surface area contributed by atoms with E-state index < -0.39 is 15.9 Å². The van der Waals surface area contributed by atoms with Gasteiger partial charge in [-0.1, -0.05) is 31.4 Å². The molecule has 0 spiro atoms. The molecule has 2 heterocycles. The van der Waals surface area contributed by atoms with E-state index in [2.05, 4.69) is 10.3 Å². The van der Waals surface area contributed by atoms with Gasteiger partial charge in [0.25, 0.3) is 5.56 Å². The highest BCUT2D eigenvalue weighted by Crippen LogP contribution is 2.30. The number of nitrogens with zero attached hydrogens (tertiary/aromatic N) is 3. The molecule has 3 aromatic rings. The van der Waals surface area contributed by atoms with Gasteiger partial charge in [-0.15, -0.1) is 11.3 Å². The molecule has 1 aliphatic rings.